The fraction of sp³-hybridized carbons (Fsp3) is 0.467. The first-order chi connectivity index (χ1) is 10.9. The number of halogens is 2. The number of hydrogen-bond donors (Lipinski definition) is 2. The van der Waals surface area contributed by atoms with Gasteiger partial charge in [0.15, 0.2) is 0 Å². The maximum absolute atomic E-state index is 14.1. The van der Waals surface area contributed by atoms with Gasteiger partial charge in [0.25, 0.3) is 0 Å². The number of morpholine rings is 1. The van der Waals surface area contributed by atoms with E-state index in [0.29, 0.717) is 13.2 Å². The molecule has 1 amide bonds. The Morgan fingerprint density at radius 2 is 2.30 bits per heavy atom. The van der Waals surface area contributed by atoms with Gasteiger partial charge in [-0.15, -0.1) is 0 Å². The molecular weight excluding hydrogens is 327 g/mol. The van der Waals surface area contributed by atoms with Crippen molar-refractivity contribution in [1.29, 1.82) is 0 Å². The van der Waals surface area contributed by atoms with Gasteiger partial charge in [0, 0.05) is 37.1 Å². The van der Waals surface area contributed by atoms with E-state index in [1.807, 2.05) is 0 Å². The summed E-state index contributed by atoms with van der Waals surface area (Å²) in [5.41, 5.74) is -0.0538. The number of hydrogen-bond acceptors (Lipinski definition) is 4. The molecule has 1 heterocycles. The molecule has 0 bridgehead atoms. The number of carboxylic acid groups (broad SMARTS) is 1. The summed E-state index contributed by atoms with van der Waals surface area (Å²) in [5, 5.41) is 12.3. The second kappa shape index (κ2) is 7.72. The molecule has 2 atom stereocenters. The SMILES string of the molecule is CC(=O)NCC1CN(C(C(=O)O)c2c(F)cccc2Cl)CCO1. The quantitative estimate of drug-likeness (QED) is 0.845. The predicted octanol–water partition coefficient (Wildman–Crippen LogP) is 1.44. The molecular formula is C15H18ClFN2O4. The van der Waals surface area contributed by atoms with E-state index in [1.165, 1.54) is 25.1 Å². The zero-order valence-electron chi connectivity index (χ0n) is 12.6. The largest absolute Gasteiger partial charge is 0.480 e. The van der Waals surface area contributed by atoms with E-state index in [1.54, 1.807) is 4.90 Å². The van der Waals surface area contributed by atoms with Gasteiger partial charge in [0.2, 0.25) is 5.91 Å². The van der Waals surface area contributed by atoms with Crippen molar-refractivity contribution in [1.82, 2.24) is 10.2 Å². The molecule has 0 radical (unpaired) electrons. The zero-order chi connectivity index (χ0) is 17.0. The maximum Gasteiger partial charge on any atom is 0.325 e. The molecule has 0 aliphatic carbocycles. The van der Waals surface area contributed by atoms with Gasteiger partial charge in [0.1, 0.15) is 11.9 Å². The average Bonchev–Trinajstić information content (AvgIpc) is 2.49. The van der Waals surface area contributed by atoms with Gasteiger partial charge < -0.3 is 15.2 Å². The van der Waals surface area contributed by atoms with E-state index >= 15 is 0 Å². The highest BCUT2D eigenvalue weighted by molar-refractivity contribution is 6.31. The maximum atomic E-state index is 14.1. The fourth-order valence-corrected chi connectivity index (χ4v) is 2.86. The molecule has 1 aromatic rings. The Hall–Kier alpha value is -1.70. The topological polar surface area (TPSA) is 78.9 Å². The van der Waals surface area contributed by atoms with Crippen LogP contribution >= 0.6 is 11.6 Å². The van der Waals surface area contributed by atoms with Crippen LogP contribution in [0.25, 0.3) is 0 Å². The van der Waals surface area contributed by atoms with Crippen molar-refractivity contribution in [2.24, 2.45) is 0 Å². The van der Waals surface area contributed by atoms with Crippen molar-refractivity contribution in [2.75, 3.05) is 26.2 Å². The fourth-order valence-electron chi connectivity index (χ4n) is 2.59. The summed E-state index contributed by atoms with van der Waals surface area (Å²) in [6.45, 7) is 2.53. The van der Waals surface area contributed by atoms with Crippen molar-refractivity contribution in [2.45, 2.75) is 19.1 Å². The third-order valence-corrected chi connectivity index (χ3v) is 3.95. The van der Waals surface area contributed by atoms with Gasteiger partial charge in [-0.2, -0.15) is 0 Å². The van der Waals surface area contributed by atoms with E-state index in [2.05, 4.69) is 5.32 Å². The third-order valence-electron chi connectivity index (χ3n) is 3.62. The van der Waals surface area contributed by atoms with Crippen LogP contribution in [0.4, 0.5) is 4.39 Å². The van der Waals surface area contributed by atoms with E-state index in [-0.39, 0.29) is 35.7 Å². The lowest BCUT2D eigenvalue weighted by molar-refractivity contribution is -0.147. The molecule has 1 fully saturated rings. The number of amides is 1. The molecule has 6 nitrogen and oxygen atoms in total. The van der Waals surface area contributed by atoms with Gasteiger partial charge in [0.05, 0.1) is 12.7 Å². The lowest BCUT2D eigenvalue weighted by Gasteiger charge is -2.36. The highest BCUT2D eigenvalue weighted by Crippen LogP contribution is 2.31. The van der Waals surface area contributed by atoms with E-state index < -0.39 is 17.8 Å². The van der Waals surface area contributed by atoms with Crippen LogP contribution in [-0.4, -0.2) is 54.2 Å². The first kappa shape index (κ1) is 17.7. The van der Waals surface area contributed by atoms with Gasteiger partial charge in [-0.25, -0.2) is 4.39 Å². The number of carboxylic acids is 1. The number of aliphatic carboxylic acids is 1. The number of carbonyl (C=O) groups is 2. The summed E-state index contributed by atoms with van der Waals surface area (Å²) in [6.07, 6.45) is -0.361. The van der Waals surface area contributed by atoms with Crippen molar-refractivity contribution >= 4 is 23.5 Å². The van der Waals surface area contributed by atoms with E-state index in [9.17, 15) is 19.1 Å². The second-order valence-electron chi connectivity index (χ2n) is 5.30. The van der Waals surface area contributed by atoms with Crippen LogP contribution in [0.5, 0.6) is 0 Å². The van der Waals surface area contributed by atoms with Gasteiger partial charge in [-0.1, -0.05) is 17.7 Å². The summed E-state index contributed by atoms with van der Waals surface area (Å²) in [6, 6.07) is 2.88. The molecule has 1 aliphatic heterocycles. The summed E-state index contributed by atoms with van der Waals surface area (Å²) in [7, 11) is 0. The van der Waals surface area contributed by atoms with E-state index in [0.717, 1.165) is 0 Å². The minimum Gasteiger partial charge on any atom is -0.480 e. The summed E-state index contributed by atoms with van der Waals surface area (Å²) in [5.74, 6) is -2.04. The van der Waals surface area contributed by atoms with E-state index in [4.69, 9.17) is 16.3 Å². The van der Waals surface area contributed by atoms with Crippen LogP contribution in [0, 0.1) is 5.82 Å². The monoisotopic (exact) mass is 344 g/mol. The first-order valence-corrected chi connectivity index (χ1v) is 7.54. The molecule has 2 N–H and O–H groups in total. The summed E-state index contributed by atoms with van der Waals surface area (Å²) in [4.78, 5) is 24.3. The Bertz CT molecular complexity index is 579. The number of benzene rings is 1. The number of rotatable bonds is 5. The Labute approximate surface area is 138 Å². The molecule has 8 heteroatoms. The van der Waals surface area contributed by atoms with Crippen molar-refractivity contribution in [3.63, 3.8) is 0 Å². The number of nitrogens with one attached hydrogen (secondary N) is 1. The molecule has 23 heavy (non-hydrogen) atoms. The van der Waals surface area contributed by atoms with Crippen LogP contribution < -0.4 is 5.32 Å². The third kappa shape index (κ3) is 4.40. The molecule has 1 saturated heterocycles. The lowest BCUT2D eigenvalue weighted by Crippen LogP contribution is -2.50. The van der Waals surface area contributed by atoms with Gasteiger partial charge in [-0.3, -0.25) is 14.5 Å². The number of ether oxygens (including phenoxy) is 1. The molecule has 0 saturated carbocycles. The smallest absolute Gasteiger partial charge is 0.325 e. The van der Waals surface area contributed by atoms with Crippen LogP contribution in [-0.2, 0) is 14.3 Å². The second-order valence-corrected chi connectivity index (χ2v) is 5.71. The Balaban J connectivity index is 2.21. The van der Waals surface area contributed by atoms with Crippen LogP contribution in [0.15, 0.2) is 18.2 Å². The molecule has 1 aromatic carbocycles. The minimum absolute atomic E-state index is 0.0538. The van der Waals surface area contributed by atoms with Crippen molar-refractivity contribution in [3.8, 4) is 0 Å². The molecule has 126 valence electrons. The molecule has 0 spiro atoms. The zero-order valence-corrected chi connectivity index (χ0v) is 13.3. The first-order valence-electron chi connectivity index (χ1n) is 7.17. The number of carbonyl (C=O) groups excluding carboxylic acids is 1. The van der Waals surface area contributed by atoms with Gasteiger partial charge >= 0.3 is 5.97 Å². The van der Waals surface area contributed by atoms with Crippen LogP contribution in [0.2, 0.25) is 5.02 Å². The Kier molecular flexibility index (Phi) is 5.92. The highest BCUT2D eigenvalue weighted by Gasteiger charge is 2.35. The van der Waals surface area contributed by atoms with Crippen molar-refractivity contribution < 1.29 is 23.8 Å². The predicted molar refractivity (Wildman–Crippen MR) is 81.8 cm³/mol. The highest BCUT2D eigenvalue weighted by atomic mass is 35.5. The Morgan fingerprint density at radius 3 is 2.91 bits per heavy atom. The van der Waals surface area contributed by atoms with Crippen molar-refractivity contribution in [3.05, 3.63) is 34.6 Å². The van der Waals surface area contributed by atoms with Crippen LogP contribution in [0.3, 0.4) is 0 Å². The Morgan fingerprint density at radius 1 is 1.57 bits per heavy atom. The lowest BCUT2D eigenvalue weighted by atomic mass is 10.0. The van der Waals surface area contributed by atoms with Crippen LogP contribution in [0.1, 0.15) is 18.5 Å². The standard InChI is InChI=1S/C15H18ClFN2O4/c1-9(20)18-7-10-8-19(5-6-23-10)14(15(21)22)13-11(16)3-2-4-12(13)17/h2-4,10,14H,5-8H2,1H3,(H,18,20)(H,21,22). The van der Waals surface area contributed by atoms with Gasteiger partial charge in [-0.05, 0) is 12.1 Å². The molecule has 2 unspecified atom stereocenters. The molecule has 2 rings (SSSR count). The average molecular weight is 345 g/mol. The summed E-state index contributed by atoms with van der Waals surface area (Å²) < 4.78 is 19.6. The summed E-state index contributed by atoms with van der Waals surface area (Å²) >= 11 is 6.01. The minimum atomic E-state index is -1.20. The number of nitrogens with zero attached hydrogens (tertiary/aromatic N) is 1. The molecule has 1 aliphatic rings. The normalized spacial score (nSPS) is 20.0. The molecule has 0 aromatic heterocycles.